The maximum Gasteiger partial charge on any atom is 0.250 e. The van der Waals surface area contributed by atoms with Crippen LogP contribution in [-0.4, -0.2) is 66.1 Å². The molecule has 0 radical (unpaired) electrons. The van der Waals surface area contributed by atoms with Gasteiger partial charge in [-0.3, -0.25) is 0 Å². The Morgan fingerprint density at radius 3 is 2.67 bits per heavy atom. The van der Waals surface area contributed by atoms with Crippen molar-refractivity contribution in [2.45, 2.75) is 6.54 Å². The summed E-state index contributed by atoms with van der Waals surface area (Å²) in [6.45, 7) is 3.37. The first-order chi connectivity index (χ1) is 17.5. The van der Waals surface area contributed by atoms with Gasteiger partial charge in [-0.15, -0.1) is 0 Å². The molecule has 3 heterocycles. The molecule has 5 rings (SSSR count). The summed E-state index contributed by atoms with van der Waals surface area (Å²) in [5.74, 6) is 1.54. The van der Waals surface area contributed by atoms with Crippen LogP contribution in [0.25, 0.3) is 10.9 Å². The third kappa shape index (κ3) is 5.38. The van der Waals surface area contributed by atoms with Gasteiger partial charge in [-0.1, -0.05) is 47.5 Å². The Balaban J connectivity index is 1.40. The largest absolute Gasteiger partial charge is 0.378 e. The van der Waals surface area contributed by atoms with Crippen molar-refractivity contribution < 1.29 is 4.74 Å². The minimum absolute atomic E-state index is 0.378. The molecule has 186 valence electrons. The minimum atomic E-state index is 0.378. The number of anilines is 3. The van der Waals surface area contributed by atoms with Crippen molar-refractivity contribution in [3.63, 3.8) is 0 Å². The van der Waals surface area contributed by atoms with Crippen LogP contribution in [0.1, 0.15) is 11.1 Å². The summed E-state index contributed by atoms with van der Waals surface area (Å²) < 4.78 is 7.60. The lowest BCUT2D eigenvalue weighted by Crippen LogP contribution is -2.37. The molecule has 11 heteroatoms. The Labute approximate surface area is 219 Å². The van der Waals surface area contributed by atoms with Gasteiger partial charge >= 0.3 is 0 Å². The average Bonchev–Trinajstić information content (AvgIpc) is 3.23. The van der Waals surface area contributed by atoms with Crippen LogP contribution in [0.3, 0.4) is 0 Å². The fourth-order valence-corrected chi connectivity index (χ4v) is 4.48. The second-order valence-electron chi connectivity index (χ2n) is 8.59. The van der Waals surface area contributed by atoms with Crippen molar-refractivity contribution in [3.05, 3.63) is 69.8 Å². The summed E-state index contributed by atoms with van der Waals surface area (Å²) >= 11 is 12.5. The maximum atomic E-state index is 6.43. The third-order valence-electron chi connectivity index (χ3n) is 5.85. The summed E-state index contributed by atoms with van der Waals surface area (Å²) in [5, 5.41) is 6.78. The van der Waals surface area contributed by atoms with Crippen molar-refractivity contribution in [1.29, 1.82) is 0 Å². The smallest absolute Gasteiger partial charge is 0.250 e. The number of rotatable bonds is 7. The molecule has 0 atom stereocenters. The van der Waals surface area contributed by atoms with E-state index in [2.05, 4.69) is 53.3 Å². The average molecular weight is 525 g/mol. The molecular weight excluding hydrogens is 499 g/mol. The summed E-state index contributed by atoms with van der Waals surface area (Å²) in [7, 11) is 3.79. The van der Waals surface area contributed by atoms with Gasteiger partial charge in [0.1, 0.15) is 0 Å². The van der Waals surface area contributed by atoms with E-state index in [-0.39, 0.29) is 0 Å². The van der Waals surface area contributed by atoms with Crippen LogP contribution in [0, 0.1) is 0 Å². The Hall–Kier alpha value is -3.40. The van der Waals surface area contributed by atoms with E-state index in [4.69, 9.17) is 27.9 Å². The normalized spacial score (nSPS) is 14.1. The topological polar surface area (TPSA) is 83.7 Å². The van der Waals surface area contributed by atoms with E-state index < -0.39 is 0 Å². The van der Waals surface area contributed by atoms with E-state index in [1.165, 1.54) is 0 Å². The van der Waals surface area contributed by atoms with Crippen LogP contribution < -0.4 is 15.2 Å². The van der Waals surface area contributed by atoms with Crippen LogP contribution in [0.4, 0.5) is 17.8 Å². The predicted molar refractivity (Wildman–Crippen MR) is 146 cm³/mol. The first kappa shape index (κ1) is 24.3. The molecule has 4 aromatic rings. The number of ether oxygens (including phenoxy) is 1. The van der Waals surface area contributed by atoms with Gasteiger partial charge in [-0.05, 0) is 23.8 Å². The van der Waals surface area contributed by atoms with Crippen LogP contribution in [0.15, 0.2) is 53.8 Å². The van der Waals surface area contributed by atoms with Crippen molar-refractivity contribution in [1.82, 2.24) is 19.5 Å². The fourth-order valence-electron chi connectivity index (χ4n) is 4.01. The second kappa shape index (κ2) is 10.7. The van der Waals surface area contributed by atoms with Crippen molar-refractivity contribution in [2.75, 3.05) is 55.6 Å². The summed E-state index contributed by atoms with van der Waals surface area (Å²) in [6.07, 6.45) is 3.83. The zero-order valence-electron chi connectivity index (χ0n) is 20.0. The van der Waals surface area contributed by atoms with E-state index in [9.17, 15) is 0 Å². The fraction of sp³-hybridized carbons (Fsp3) is 0.280. The molecule has 0 aliphatic carbocycles. The zero-order valence-corrected chi connectivity index (χ0v) is 21.5. The molecule has 1 N–H and O–H groups in total. The highest BCUT2D eigenvalue weighted by Crippen LogP contribution is 2.26. The Bertz CT molecular complexity index is 1400. The SMILES string of the molecule is CN(C)c1nc(N/N=C/c2cn(Cc3ccc(Cl)cc3Cl)c3ccccc23)nc(N2CCOCC2)n1. The third-order valence-corrected chi connectivity index (χ3v) is 6.44. The molecule has 1 aliphatic heterocycles. The van der Waals surface area contributed by atoms with Gasteiger partial charge in [0, 0.05) is 66.4 Å². The number of halogens is 2. The molecule has 0 unspecified atom stereocenters. The maximum absolute atomic E-state index is 6.43. The molecule has 36 heavy (non-hydrogen) atoms. The van der Waals surface area contributed by atoms with Gasteiger partial charge in [0.05, 0.1) is 19.4 Å². The Morgan fingerprint density at radius 1 is 1.08 bits per heavy atom. The quantitative estimate of drug-likeness (QED) is 0.280. The van der Waals surface area contributed by atoms with Crippen LogP contribution in [0.2, 0.25) is 10.0 Å². The van der Waals surface area contributed by atoms with Gasteiger partial charge in [-0.25, -0.2) is 5.43 Å². The number of benzene rings is 2. The number of nitrogens with one attached hydrogen (secondary N) is 1. The minimum Gasteiger partial charge on any atom is -0.378 e. The Kier molecular flexibility index (Phi) is 7.22. The molecule has 0 amide bonds. The molecule has 1 saturated heterocycles. The van der Waals surface area contributed by atoms with Gasteiger partial charge < -0.3 is 19.1 Å². The molecule has 0 bridgehead atoms. The molecule has 9 nitrogen and oxygen atoms in total. The summed E-state index contributed by atoms with van der Waals surface area (Å²) in [5.41, 5.74) is 6.01. The first-order valence-electron chi connectivity index (χ1n) is 11.5. The summed E-state index contributed by atoms with van der Waals surface area (Å²) in [6, 6.07) is 13.7. The molecule has 1 aliphatic rings. The number of para-hydroxylation sites is 1. The lowest BCUT2D eigenvalue weighted by atomic mass is 10.2. The van der Waals surface area contributed by atoms with E-state index in [1.54, 1.807) is 12.3 Å². The number of aromatic nitrogens is 4. The number of hydrazone groups is 1. The molecule has 2 aromatic heterocycles. The van der Waals surface area contributed by atoms with E-state index in [1.807, 2.05) is 43.3 Å². The molecular formula is C25H26Cl2N8O. The van der Waals surface area contributed by atoms with Crippen molar-refractivity contribution in [2.24, 2.45) is 5.10 Å². The summed E-state index contributed by atoms with van der Waals surface area (Å²) in [4.78, 5) is 17.6. The molecule has 0 saturated carbocycles. The highest BCUT2D eigenvalue weighted by molar-refractivity contribution is 6.35. The number of morpholine rings is 1. The van der Waals surface area contributed by atoms with Crippen molar-refractivity contribution >= 4 is 58.2 Å². The number of nitrogens with zero attached hydrogens (tertiary/aromatic N) is 7. The van der Waals surface area contributed by atoms with Crippen LogP contribution >= 0.6 is 23.2 Å². The predicted octanol–water partition coefficient (Wildman–Crippen LogP) is 4.53. The molecule has 2 aromatic carbocycles. The Morgan fingerprint density at radius 2 is 1.89 bits per heavy atom. The van der Waals surface area contributed by atoms with Crippen molar-refractivity contribution in [3.8, 4) is 0 Å². The number of fused-ring (bicyclic) bond motifs is 1. The molecule has 0 spiro atoms. The van der Waals surface area contributed by atoms with Gasteiger partial charge in [0.2, 0.25) is 17.8 Å². The van der Waals surface area contributed by atoms with Gasteiger partial charge in [-0.2, -0.15) is 20.1 Å². The van der Waals surface area contributed by atoms with Crippen LogP contribution in [-0.2, 0) is 11.3 Å². The van der Waals surface area contributed by atoms with Crippen LogP contribution in [0.5, 0.6) is 0 Å². The highest BCUT2D eigenvalue weighted by atomic mass is 35.5. The van der Waals surface area contributed by atoms with E-state index >= 15 is 0 Å². The highest BCUT2D eigenvalue weighted by Gasteiger charge is 2.17. The lowest BCUT2D eigenvalue weighted by Gasteiger charge is -2.27. The number of hydrogen-bond acceptors (Lipinski definition) is 8. The van der Waals surface area contributed by atoms with Gasteiger partial charge in [0.25, 0.3) is 0 Å². The standard InChI is InChI=1S/C25H26Cl2N8O/c1-33(2)24-29-23(30-25(31-24)34-9-11-36-12-10-34)32-28-14-18-16-35(22-6-4-3-5-20(18)22)15-17-7-8-19(26)13-21(17)27/h3-8,13-14,16H,9-12,15H2,1-2H3,(H,29,30,31,32)/b28-14+. The molecule has 1 fully saturated rings. The van der Waals surface area contributed by atoms with Gasteiger partial charge in [0.15, 0.2) is 0 Å². The number of hydrogen-bond donors (Lipinski definition) is 1. The zero-order chi connectivity index (χ0) is 25.1. The monoisotopic (exact) mass is 524 g/mol. The van der Waals surface area contributed by atoms with E-state index in [0.717, 1.165) is 35.1 Å². The first-order valence-corrected chi connectivity index (χ1v) is 12.3. The second-order valence-corrected chi connectivity index (χ2v) is 9.43. The van der Waals surface area contributed by atoms with E-state index in [0.29, 0.717) is 47.6 Å². The lowest BCUT2D eigenvalue weighted by molar-refractivity contribution is 0.122.